The maximum Gasteiger partial charge on any atom is 0.524 e. The van der Waals surface area contributed by atoms with Crippen LogP contribution in [0.4, 0.5) is 0 Å². The standard InChI is InChI=1S/C26H23O4P/c1-19(20-11-5-2-6-12-20)23-17-18-24(30-31(27,28)29)26(22-15-9-4-10-16-22)25(23)21-13-7-3-8-14-21/h2-19H,1H3,(H2,27,28,29). The third kappa shape index (κ3) is 4.78. The molecule has 0 aliphatic carbocycles. The van der Waals surface area contributed by atoms with E-state index in [1.54, 1.807) is 6.07 Å². The van der Waals surface area contributed by atoms with Gasteiger partial charge in [-0.2, -0.15) is 0 Å². The van der Waals surface area contributed by atoms with Crippen molar-refractivity contribution in [1.82, 2.24) is 0 Å². The molecule has 31 heavy (non-hydrogen) atoms. The fraction of sp³-hybridized carbons (Fsp3) is 0.0769. The second-order valence-corrected chi connectivity index (χ2v) is 8.51. The SMILES string of the molecule is CC(c1ccccc1)c1ccc(OP(=O)(O)O)c(-c2ccccc2)c1-c1ccccc1. The number of phosphoric acid groups is 1. The van der Waals surface area contributed by atoms with Crippen LogP contribution in [0.3, 0.4) is 0 Å². The summed E-state index contributed by atoms with van der Waals surface area (Å²) < 4.78 is 16.9. The third-order valence-corrected chi connectivity index (χ3v) is 5.74. The quantitative estimate of drug-likeness (QED) is 0.336. The molecule has 0 aliphatic heterocycles. The molecule has 0 saturated heterocycles. The fourth-order valence-corrected chi connectivity index (χ4v) is 4.30. The Labute approximate surface area is 182 Å². The molecule has 0 heterocycles. The van der Waals surface area contributed by atoms with E-state index in [1.807, 2.05) is 84.9 Å². The van der Waals surface area contributed by atoms with Gasteiger partial charge in [0, 0.05) is 11.5 Å². The smallest absolute Gasteiger partial charge is 0.404 e. The predicted molar refractivity (Wildman–Crippen MR) is 124 cm³/mol. The Kier molecular flexibility index (Phi) is 6.06. The zero-order chi connectivity index (χ0) is 21.8. The van der Waals surface area contributed by atoms with Crippen molar-refractivity contribution >= 4 is 7.82 Å². The predicted octanol–water partition coefficient (Wildman–Crippen LogP) is 6.64. The summed E-state index contributed by atoms with van der Waals surface area (Å²) in [5.41, 5.74) is 5.54. The van der Waals surface area contributed by atoms with Crippen molar-refractivity contribution in [2.75, 3.05) is 0 Å². The van der Waals surface area contributed by atoms with Gasteiger partial charge in [0.15, 0.2) is 0 Å². The Morgan fingerprint density at radius 2 is 1.16 bits per heavy atom. The van der Waals surface area contributed by atoms with Gasteiger partial charge in [0.2, 0.25) is 0 Å². The Balaban J connectivity index is 2.04. The lowest BCUT2D eigenvalue weighted by Gasteiger charge is -2.23. The van der Waals surface area contributed by atoms with E-state index in [2.05, 4.69) is 19.1 Å². The normalized spacial score (nSPS) is 12.4. The van der Waals surface area contributed by atoms with Crippen LogP contribution in [0, 0.1) is 0 Å². The van der Waals surface area contributed by atoms with Crippen molar-refractivity contribution in [2.45, 2.75) is 12.8 Å². The lowest BCUT2D eigenvalue weighted by atomic mass is 9.82. The summed E-state index contributed by atoms with van der Waals surface area (Å²) in [6.45, 7) is 2.13. The Morgan fingerprint density at radius 3 is 1.68 bits per heavy atom. The first-order valence-electron chi connectivity index (χ1n) is 10.0. The first-order valence-corrected chi connectivity index (χ1v) is 11.5. The molecule has 4 nitrogen and oxygen atoms in total. The lowest BCUT2D eigenvalue weighted by Crippen LogP contribution is -2.03. The first-order chi connectivity index (χ1) is 14.9. The minimum Gasteiger partial charge on any atom is -0.404 e. The summed E-state index contributed by atoms with van der Waals surface area (Å²) in [6.07, 6.45) is 0. The van der Waals surface area contributed by atoms with Crippen molar-refractivity contribution in [3.05, 3.63) is 114 Å². The molecule has 4 rings (SSSR count). The van der Waals surface area contributed by atoms with Crippen LogP contribution >= 0.6 is 7.82 Å². The maximum absolute atomic E-state index is 11.7. The number of rotatable bonds is 6. The van der Waals surface area contributed by atoms with Crippen molar-refractivity contribution in [3.63, 3.8) is 0 Å². The molecule has 1 unspecified atom stereocenters. The van der Waals surface area contributed by atoms with Gasteiger partial charge in [-0.15, -0.1) is 0 Å². The molecule has 0 saturated carbocycles. The Hall–Kier alpha value is -3.17. The number of hydrogen-bond acceptors (Lipinski definition) is 2. The van der Waals surface area contributed by atoms with Crippen LogP contribution in [0.25, 0.3) is 22.3 Å². The van der Waals surface area contributed by atoms with E-state index in [1.165, 1.54) is 0 Å². The van der Waals surface area contributed by atoms with Gasteiger partial charge in [0.25, 0.3) is 0 Å². The molecule has 0 aromatic heterocycles. The molecule has 0 fully saturated rings. The summed E-state index contributed by atoms with van der Waals surface area (Å²) in [5.74, 6) is 0.213. The van der Waals surface area contributed by atoms with E-state index in [0.717, 1.165) is 27.8 Å². The molecule has 2 N–H and O–H groups in total. The zero-order valence-corrected chi connectivity index (χ0v) is 17.9. The van der Waals surface area contributed by atoms with Gasteiger partial charge >= 0.3 is 7.82 Å². The minimum absolute atomic E-state index is 0.0583. The molecule has 0 aliphatic rings. The van der Waals surface area contributed by atoms with E-state index < -0.39 is 7.82 Å². The Morgan fingerprint density at radius 1 is 0.677 bits per heavy atom. The monoisotopic (exact) mass is 430 g/mol. The average molecular weight is 430 g/mol. The van der Waals surface area contributed by atoms with Crippen LogP contribution < -0.4 is 4.52 Å². The molecule has 0 spiro atoms. The molecule has 156 valence electrons. The first kappa shape index (κ1) is 21.1. The number of hydrogen-bond donors (Lipinski definition) is 2. The van der Waals surface area contributed by atoms with Crippen LogP contribution in [-0.4, -0.2) is 9.79 Å². The number of benzene rings is 4. The number of phosphoric ester groups is 1. The highest BCUT2D eigenvalue weighted by molar-refractivity contribution is 7.46. The molecular formula is C26H23O4P. The van der Waals surface area contributed by atoms with E-state index in [0.29, 0.717) is 5.56 Å². The second-order valence-electron chi connectivity index (χ2n) is 7.35. The van der Waals surface area contributed by atoms with Gasteiger partial charge in [-0.3, -0.25) is 9.79 Å². The summed E-state index contributed by atoms with van der Waals surface area (Å²) in [5, 5.41) is 0. The fourth-order valence-electron chi connectivity index (χ4n) is 3.89. The topological polar surface area (TPSA) is 66.8 Å². The molecule has 4 aromatic carbocycles. The molecule has 0 bridgehead atoms. The highest BCUT2D eigenvalue weighted by Crippen LogP contribution is 2.49. The summed E-state index contributed by atoms with van der Waals surface area (Å²) in [7, 11) is -4.74. The van der Waals surface area contributed by atoms with Crippen LogP contribution in [0.15, 0.2) is 103 Å². The summed E-state index contributed by atoms with van der Waals surface area (Å²) in [6, 6.07) is 33.2. The minimum atomic E-state index is -4.74. The molecule has 5 heteroatoms. The highest BCUT2D eigenvalue weighted by Gasteiger charge is 2.25. The van der Waals surface area contributed by atoms with Gasteiger partial charge in [-0.05, 0) is 33.9 Å². The highest BCUT2D eigenvalue weighted by atomic mass is 31.2. The van der Waals surface area contributed by atoms with Gasteiger partial charge < -0.3 is 4.52 Å². The van der Waals surface area contributed by atoms with Gasteiger partial charge in [0.1, 0.15) is 5.75 Å². The van der Waals surface area contributed by atoms with Crippen LogP contribution in [-0.2, 0) is 4.57 Å². The van der Waals surface area contributed by atoms with Crippen molar-refractivity contribution in [2.24, 2.45) is 0 Å². The van der Waals surface area contributed by atoms with Crippen molar-refractivity contribution in [1.29, 1.82) is 0 Å². The molecular weight excluding hydrogens is 407 g/mol. The average Bonchev–Trinajstić information content (AvgIpc) is 2.79. The van der Waals surface area contributed by atoms with Crippen LogP contribution in [0.5, 0.6) is 5.75 Å². The van der Waals surface area contributed by atoms with Crippen molar-refractivity contribution in [3.8, 4) is 28.0 Å². The van der Waals surface area contributed by atoms with E-state index >= 15 is 0 Å². The molecule has 0 amide bonds. The van der Waals surface area contributed by atoms with Crippen molar-refractivity contribution < 1.29 is 18.9 Å². The van der Waals surface area contributed by atoms with Crippen LogP contribution in [0.1, 0.15) is 24.0 Å². The summed E-state index contributed by atoms with van der Waals surface area (Å²) in [4.78, 5) is 19.1. The van der Waals surface area contributed by atoms with Gasteiger partial charge in [-0.1, -0.05) is 104 Å². The largest absolute Gasteiger partial charge is 0.524 e. The molecule has 1 atom stereocenters. The van der Waals surface area contributed by atoms with E-state index in [4.69, 9.17) is 4.52 Å². The molecule has 4 aromatic rings. The van der Waals surface area contributed by atoms with Crippen LogP contribution in [0.2, 0.25) is 0 Å². The zero-order valence-electron chi connectivity index (χ0n) is 17.1. The lowest BCUT2D eigenvalue weighted by molar-refractivity contribution is 0.283. The van der Waals surface area contributed by atoms with Gasteiger partial charge in [0.05, 0.1) is 0 Å². The Bertz CT molecular complexity index is 1200. The molecule has 0 radical (unpaired) electrons. The maximum atomic E-state index is 11.7. The summed E-state index contributed by atoms with van der Waals surface area (Å²) >= 11 is 0. The van der Waals surface area contributed by atoms with E-state index in [-0.39, 0.29) is 11.7 Å². The third-order valence-electron chi connectivity index (χ3n) is 5.31. The second kappa shape index (κ2) is 8.91. The van der Waals surface area contributed by atoms with Gasteiger partial charge in [-0.25, -0.2) is 4.57 Å². The van der Waals surface area contributed by atoms with E-state index in [9.17, 15) is 14.4 Å².